The minimum absolute atomic E-state index is 0.667. The van der Waals surface area contributed by atoms with E-state index in [2.05, 4.69) is 33.7 Å². The highest BCUT2D eigenvalue weighted by Crippen LogP contribution is 2.76. The number of piperazine rings is 2. The van der Waals surface area contributed by atoms with E-state index in [0.29, 0.717) is 5.54 Å². The second kappa shape index (κ2) is 4.44. The Labute approximate surface area is 129 Å². The zero-order valence-corrected chi connectivity index (χ0v) is 13.7. The molecular formula is C17H30N4. The molecule has 4 saturated carbocycles. The molecule has 2 heterocycles. The molecule has 0 N–H and O–H groups in total. The van der Waals surface area contributed by atoms with Crippen molar-refractivity contribution in [1.29, 1.82) is 0 Å². The summed E-state index contributed by atoms with van der Waals surface area (Å²) >= 11 is 0. The van der Waals surface area contributed by atoms with Crippen molar-refractivity contribution < 1.29 is 0 Å². The van der Waals surface area contributed by atoms with Crippen LogP contribution >= 0.6 is 0 Å². The molecule has 2 saturated heterocycles. The Balaban J connectivity index is 1.31. The second-order valence-electron chi connectivity index (χ2n) is 8.44. The van der Waals surface area contributed by atoms with E-state index in [0.717, 1.165) is 23.8 Å². The molecule has 6 fully saturated rings. The molecule has 4 bridgehead atoms. The Hall–Kier alpha value is -0.160. The van der Waals surface area contributed by atoms with Gasteiger partial charge in [0.2, 0.25) is 0 Å². The summed E-state index contributed by atoms with van der Waals surface area (Å²) in [6, 6.07) is 0.948. The Morgan fingerprint density at radius 2 is 1.43 bits per heavy atom. The lowest BCUT2D eigenvalue weighted by molar-refractivity contribution is 0.0789. The summed E-state index contributed by atoms with van der Waals surface area (Å²) in [5, 5.41) is 0. The van der Waals surface area contributed by atoms with Crippen LogP contribution in [0.5, 0.6) is 0 Å². The van der Waals surface area contributed by atoms with Gasteiger partial charge in [0, 0.05) is 63.9 Å². The SMILES string of the molecule is CN1CCN(C2C3CC4C2C4(N2CCN(C)CC2)C3)CC1. The zero-order valence-electron chi connectivity index (χ0n) is 13.7. The molecule has 2 aliphatic heterocycles. The minimum atomic E-state index is 0.667. The van der Waals surface area contributed by atoms with Crippen molar-refractivity contribution in [3.8, 4) is 0 Å². The van der Waals surface area contributed by atoms with E-state index < -0.39 is 0 Å². The van der Waals surface area contributed by atoms with E-state index >= 15 is 0 Å². The summed E-state index contributed by atoms with van der Waals surface area (Å²) < 4.78 is 0. The van der Waals surface area contributed by atoms with Crippen molar-refractivity contribution in [2.75, 3.05) is 66.5 Å². The number of nitrogens with zero attached hydrogens (tertiary/aromatic N) is 4. The van der Waals surface area contributed by atoms with E-state index in [-0.39, 0.29) is 0 Å². The molecule has 5 atom stereocenters. The highest BCUT2D eigenvalue weighted by atomic mass is 15.4. The molecule has 0 aromatic carbocycles. The molecule has 6 aliphatic rings. The minimum Gasteiger partial charge on any atom is -0.304 e. The molecule has 118 valence electrons. The van der Waals surface area contributed by atoms with Crippen molar-refractivity contribution in [3.05, 3.63) is 0 Å². The molecule has 4 aliphatic carbocycles. The van der Waals surface area contributed by atoms with Gasteiger partial charge >= 0.3 is 0 Å². The molecule has 0 radical (unpaired) electrons. The van der Waals surface area contributed by atoms with E-state index in [4.69, 9.17) is 0 Å². The summed E-state index contributed by atoms with van der Waals surface area (Å²) in [5.41, 5.74) is 0.667. The van der Waals surface area contributed by atoms with E-state index in [1.54, 1.807) is 6.42 Å². The first kappa shape index (κ1) is 13.3. The van der Waals surface area contributed by atoms with Crippen LogP contribution in [0.3, 0.4) is 0 Å². The normalized spacial score (nSPS) is 51.7. The molecule has 5 unspecified atom stereocenters. The lowest BCUT2D eigenvalue weighted by Crippen LogP contribution is -2.52. The van der Waals surface area contributed by atoms with Gasteiger partial charge in [-0.3, -0.25) is 9.80 Å². The van der Waals surface area contributed by atoms with E-state index in [9.17, 15) is 0 Å². The molecule has 4 nitrogen and oxygen atoms in total. The van der Waals surface area contributed by atoms with Crippen LogP contribution in [-0.2, 0) is 0 Å². The number of hydrogen-bond donors (Lipinski definition) is 0. The fourth-order valence-electron chi connectivity index (χ4n) is 6.53. The maximum absolute atomic E-state index is 2.92. The zero-order chi connectivity index (χ0) is 14.2. The average Bonchev–Trinajstić information content (AvgIpc) is 2.88. The van der Waals surface area contributed by atoms with Crippen molar-refractivity contribution in [2.24, 2.45) is 17.8 Å². The van der Waals surface area contributed by atoms with Crippen LogP contribution in [0.4, 0.5) is 0 Å². The van der Waals surface area contributed by atoms with E-state index in [1.165, 1.54) is 58.8 Å². The summed E-state index contributed by atoms with van der Waals surface area (Å²) in [4.78, 5) is 10.8. The third-order valence-corrected chi connectivity index (χ3v) is 7.59. The lowest BCUT2D eigenvalue weighted by atomic mass is 10.0. The highest BCUT2D eigenvalue weighted by molar-refractivity contribution is 5.34. The summed E-state index contributed by atoms with van der Waals surface area (Å²) in [5.74, 6) is 3.13. The molecule has 0 aromatic heterocycles. The van der Waals surface area contributed by atoms with Crippen LogP contribution in [0.25, 0.3) is 0 Å². The Kier molecular flexibility index (Phi) is 2.81. The fourth-order valence-corrected chi connectivity index (χ4v) is 6.53. The fraction of sp³-hybridized carbons (Fsp3) is 1.00. The van der Waals surface area contributed by atoms with Crippen molar-refractivity contribution in [3.63, 3.8) is 0 Å². The van der Waals surface area contributed by atoms with Crippen LogP contribution < -0.4 is 0 Å². The maximum Gasteiger partial charge on any atom is 0.0292 e. The predicted octanol–water partition coefficient (Wildman–Crippen LogP) is 0.258. The van der Waals surface area contributed by atoms with Gasteiger partial charge in [-0.05, 0) is 44.7 Å². The maximum atomic E-state index is 2.92. The largest absolute Gasteiger partial charge is 0.304 e. The summed E-state index contributed by atoms with van der Waals surface area (Å²) in [6.45, 7) is 10.4. The van der Waals surface area contributed by atoms with E-state index in [1.807, 2.05) is 0 Å². The summed E-state index contributed by atoms with van der Waals surface area (Å²) in [6.07, 6.45) is 3.08. The van der Waals surface area contributed by atoms with Gasteiger partial charge in [-0.1, -0.05) is 0 Å². The predicted molar refractivity (Wildman–Crippen MR) is 84.4 cm³/mol. The van der Waals surface area contributed by atoms with Crippen molar-refractivity contribution in [2.45, 2.75) is 24.4 Å². The topological polar surface area (TPSA) is 13.0 Å². The van der Waals surface area contributed by atoms with Crippen molar-refractivity contribution in [1.82, 2.24) is 19.6 Å². The first-order valence-corrected chi connectivity index (χ1v) is 9.06. The van der Waals surface area contributed by atoms with Crippen LogP contribution in [0.15, 0.2) is 0 Å². The Morgan fingerprint density at radius 3 is 2.05 bits per heavy atom. The number of likely N-dealkylation sites (N-methyl/N-ethyl adjacent to an activating group) is 2. The molecule has 6 rings (SSSR count). The third kappa shape index (κ3) is 1.71. The molecule has 0 spiro atoms. The quantitative estimate of drug-likeness (QED) is 0.723. The van der Waals surface area contributed by atoms with Gasteiger partial charge in [-0.2, -0.15) is 0 Å². The second-order valence-corrected chi connectivity index (χ2v) is 8.44. The van der Waals surface area contributed by atoms with Gasteiger partial charge in [0.25, 0.3) is 0 Å². The Morgan fingerprint density at radius 1 is 0.810 bits per heavy atom. The first-order chi connectivity index (χ1) is 10.2. The van der Waals surface area contributed by atoms with Gasteiger partial charge < -0.3 is 9.80 Å². The van der Waals surface area contributed by atoms with Crippen LogP contribution in [0.1, 0.15) is 12.8 Å². The van der Waals surface area contributed by atoms with Crippen LogP contribution in [0, 0.1) is 17.8 Å². The number of rotatable bonds is 2. The monoisotopic (exact) mass is 290 g/mol. The first-order valence-electron chi connectivity index (χ1n) is 9.06. The highest BCUT2D eigenvalue weighted by Gasteiger charge is 2.81. The Bertz CT molecular complexity index is 425. The standard InChI is InChI=1S/C17H30N4/c1-18-3-7-20(8-4-18)16-13-11-14-15(16)17(14,12-13)21-9-5-19(2)6-10-21/h13-16H,3-12H2,1-2H3. The van der Waals surface area contributed by atoms with Gasteiger partial charge in [0.15, 0.2) is 0 Å². The third-order valence-electron chi connectivity index (χ3n) is 7.59. The molecular weight excluding hydrogens is 260 g/mol. The molecule has 0 aromatic rings. The smallest absolute Gasteiger partial charge is 0.0292 e. The lowest BCUT2D eigenvalue weighted by Gasteiger charge is -2.39. The van der Waals surface area contributed by atoms with Crippen LogP contribution in [-0.4, -0.2) is 97.6 Å². The van der Waals surface area contributed by atoms with Crippen molar-refractivity contribution >= 4 is 0 Å². The molecule has 4 heteroatoms. The molecule has 21 heavy (non-hydrogen) atoms. The number of hydrogen-bond acceptors (Lipinski definition) is 4. The molecule has 0 amide bonds. The van der Waals surface area contributed by atoms with Gasteiger partial charge in [0.05, 0.1) is 0 Å². The van der Waals surface area contributed by atoms with Crippen LogP contribution in [0.2, 0.25) is 0 Å². The van der Waals surface area contributed by atoms with Gasteiger partial charge in [0.1, 0.15) is 0 Å². The summed E-state index contributed by atoms with van der Waals surface area (Å²) in [7, 11) is 4.55. The van der Waals surface area contributed by atoms with Gasteiger partial charge in [-0.15, -0.1) is 0 Å². The van der Waals surface area contributed by atoms with Gasteiger partial charge in [-0.25, -0.2) is 0 Å². The average molecular weight is 290 g/mol.